The number of hydrogen-bond donors (Lipinski definition) is 1. The highest BCUT2D eigenvalue weighted by Crippen LogP contribution is 2.16. The second-order valence-electron chi connectivity index (χ2n) is 3.48. The first-order chi connectivity index (χ1) is 6.83. The van der Waals surface area contributed by atoms with Crippen LogP contribution in [-0.2, 0) is 6.42 Å². The summed E-state index contributed by atoms with van der Waals surface area (Å²) in [5, 5.41) is 0. The van der Waals surface area contributed by atoms with E-state index in [9.17, 15) is 0 Å². The van der Waals surface area contributed by atoms with Crippen LogP contribution in [0.5, 0.6) is 0 Å². The van der Waals surface area contributed by atoms with Crippen molar-refractivity contribution in [1.29, 1.82) is 0 Å². The summed E-state index contributed by atoms with van der Waals surface area (Å²) in [7, 11) is 0. The highest BCUT2D eigenvalue weighted by Gasteiger charge is 2.06. The van der Waals surface area contributed by atoms with E-state index < -0.39 is 0 Å². The molecule has 2 heterocycles. The van der Waals surface area contributed by atoms with Crippen LogP contribution in [0.3, 0.4) is 0 Å². The number of nitrogen functional groups attached to an aromatic ring is 1. The van der Waals surface area contributed by atoms with Crippen LogP contribution in [0.1, 0.15) is 25.5 Å². The van der Waals surface area contributed by atoms with E-state index in [1.54, 1.807) is 0 Å². The van der Waals surface area contributed by atoms with Gasteiger partial charge in [-0.25, -0.2) is 4.98 Å². The summed E-state index contributed by atoms with van der Waals surface area (Å²) in [6.07, 6.45) is 5.25. The van der Waals surface area contributed by atoms with Crippen molar-refractivity contribution in [1.82, 2.24) is 9.38 Å². The number of imidazole rings is 1. The normalized spacial score (nSPS) is 10.9. The maximum absolute atomic E-state index is 5.98. The van der Waals surface area contributed by atoms with E-state index in [0.29, 0.717) is 0 Å². The molecule has 0 fully saturated rings. The molecule has 0 spiro atoms. The molecule has 14 heavy (non-hydrogen) atoms. The largest absolute Gasteiger partial charge is 0.383 e. The van der Waals surface area contributed by atoms with Gasteiger partial charge in [-0.3, -0.25) is 4.40 Å². The molecule has 0 aliphatic heterocycles. The average molecular weight is 189 g/mol. The van der Waals surface area contributed by atoms with Gasteiger partial charge in [-0.2, -0.15) is 0 Å². The molecule has 3 heteroatoms. The summed E-state index contributed by atoms with van der Waals surface area (Å²) < 4.78 is 1.94. The minimum Gasteiger partial charge on any atom is -0.383 e. The Morgan fingerprint density at radius 1 is 1.43 bits per heavy atom. The molecule has 74 valence electrons. The summed E-state index contributed by atoms with van der Waals surface area (Å²) in [6, 6.07) is 5.92. The van der Waals surface area contributed by atoms with E-state index in [4.69, 9.17) is 5.73 Å². The zero-order valence-corrected chi connectivity index (χ0v) is 8.40. The van der Waals surface area contributed by atoms with Crippen molar-refractivity contribution in [2.24, 2.45) is 0 Å². The molecule has 3 nitrogen and oxygen atoms in total. The van der Waals surface area contributed by atoms with E-state index in [0.717, 1.165) is 30.0 Å². The number of nitrogens with zero attached hydrogens (tertiary/aromatic N) is 2. The van der Waals surface area contributed by atoms with Crippen molar-refractivity contribution in [3.8, 4) is 0 Å². The van der Waals surface area contributed by atoms with Crippen LogP contribution in [0.4, 0.5) is 5.82 Å². The summed E-state index contributed by atoms with van der Waals surface area (Å²) in [4.78, 5) is 4.49. The lowest BCUT2D eigenvalue weighted by atomic mass is 10.2. The molecule has 2 rings (SSSR count). The third-order valence-electron chi connectivity index (χ3n) is 2.41. The first-order valence-electron chi connectivity index (χ1n) is 5.04. The van der Waals surface area contributed by atoms with Crippen molar-refractivity contribution in [3.05, 3.63) is 30.1 Å². The van der Waals surface area contributed by atoms with Crippen molar-refractivity contribution in [2.45, 2.75) is 26.2 Å². The molecule has 0 bridgehead atoms. The van der Waals surface area contributed by atoms with Crippen molar-refractivity contribution < 1.29 is 0 Å². The Labute approximate surface area is 83.6 Å². The number of fused-ring (bicyclic) bond motifs is 1. The number of aryl methyl sites for hydroxylation is 1. The molecule has 2 N–H and O–H groups in total. The fourth-order valence-corrected chi connectivity index (χ4v) is 1.59. The van der Waals surface area contributed by atoms with Crippen LogP contribution >= 0.6 is 0 Å². The Hall–Kier alpha value is -1.51. The topological polar surface area (TPSA) is 43.3 Å². The lowest BCUT2D eigenvalue weighted by molar-refractivity contribution is 0.783. The van der Waals surface area contributed by atoms with Crippen molar-refractivity contribution >= 4 is 11.5 Å². The molecule has 0 atom stereocenters. The minimum absolute atomic E-state index is 0.786. The molecule has 0 aliphatic rings. The second kappa shape index (κ2) is 3.70. The fraction of sp³-hybridized carbons (Fsp3) is 0.364. The summed E-state index contributed by atoms with van der Waals surface area (Å²) in [5.74, 6) is 0.786. The maximum Gasteiger partial charge on any atom is 0.138 e. The van der Waals surface area contributed by atoms with E-state index in [-0.39, 0.29) is 0 Å². The van der Waals surface area contributed by atoms with Crippen LogP contribution < -0.4 is 5.73 Å². The lowest BCUT2D eigenvalue weighted by Crippen LogP contribution is -1.96. The third kappa shape index (κ3) is 1.45. The van der Waals surface area contributed by atoms with Crippen LogP contribution in [0, 0.1) is 0 Å². The molecule has 2 aromatic rings. The molecule has 0 amide bonds. The van der Waals surface area contributed by atoms with Crippen LogP contribution in [-0.4, -0.2) is 9.38 Å². The zero-order valence-electron chi connectivity index (χ0n) is 8.40. The van der Waals surface area contributed by atoms with Gasteiger partial charge in [0.2, 0.25) is 0 Å². The quantitative estimate of drug-likeness (QED) is 0.804. The van der Waals surface area contributed by atoms with Gasteiger partial charge in [-0.15, -0.1) is 0 Å². The van der Waals surface area contributed by atoms with Crippen molar-refractivity contribution in [2.75, 3.05) is 5.73 Å². The Balaban J connectivity index is 2.41. The Bertz CT molecular complexity index is 431. The summed E-state index contributed by atoms with van der Waals surface area (Å²) >= 11 is 0. The van der Waals surface area contributed by atoms with Gasteiger partial charge in [-0.05, 0) is 25.0 Å². The standard InChI is InChI=1S/C11H15N3/c1-2-3-6-9-11(12)14-8-5-4-7-10(14)13-9/h4-5,7-8H,2-3,6,12H2,1H3. The Morgan fingerprint density at radius 2 is 2.29 bits per heavy atom. The van der Waals surface area contributed by atoms with Crippen LogP contribution in [0.15, 0.2) is 24.4 Å². The SMILES string of the molecule is CCCCc1nc2ccccn2c1N. The molecular weight excluding hydrogens is 174 g/mol. The number of unbranched alkanes of at least 4 members (excludes halogenated alkanes) is 1. The first kappa shape index (κ1) is 9.06. The number of aromatic nitrogens is 2. The zero-order chi connectivity index (χ0) is 9.97. The molecule has 0 aromatic carbocycles. The van der Waals surface area contributed by atoms with Gasteiger partial charge in [0, 0.05) is 6.20 Å². The van der Waals surface area contributed by atoms with E-state index in [1.807, 2.05) is 28.8 Å². The van der Waals surface area contributed by atoms with E-state index in [2.05, 4.69) is 11.9 Å². The molecule has 0 radical (unpaired) electrons. The Kier molecular flexibility index (Phi) is 2.39. The number of rotatable bonds is 3. The molecule has 0 saturated heterocycles. The van der Waals surface area contributed by atoms with Gasteiger partial charge in [0.05, 0.1) is 5.69 Å². The lowest BCUT2D eigenvalue weighted by Gasteiger charge is -1.96. The third-order valence-corrected chi connectivity index (χ3v) is 2.41. The molecular formula is C11H15N3. The fourth-order valence-electron chi connectivity index (χ4n) is 1.59. The van der Waals surface area contributed by atoms with Gasteiger partial charge in [0.15, 0.2) is 0 Å². The predicted octanol–water partition coefficient (Wildman–Crippen LogP) is 2.26. The predicted molar refractivity (Wildman–Crippen MR) is 58.2 cm³/mol. The summed E-state index contributed by atoms with van der Waals surface area (Å²) in [6.45, 7) is 2.17. The molecule has 0 saturated carbocycles. The average Bonchev–Trinajstić information content (AvgIpc) is 2.54. The molecule has 0 aliphatic carbocycles. The monoisotopic (exact) mass is 189 g/mol. The first-order valence-corrected chi connectivity index (χ1v) is 5.04. The maximum atomic E-state index is 5.98. The van der Waals surface area contributed by atoms with Gasteiger partial charge in [-0.1, -0.05) is 19.4 Å². The smallest absolute Gasteiger partial charge is 0.138 e. The van der Waals surface area contributed by atoms with Gasteiger partial charge < -0.3 is 5.73 Å². The summed E-state index contributed by atoms with van der Waals surface area (Å²) in [5.41, 5.74) is 7.95. The van der Waals surface area contributed by atoms with Gasteiger partial charge in [0.25, 0.3) is 0 Å². The minimum atomic E-state index is 0.786. The second-order valence-corrected chi connectivity index (χ2v) is 3.48. The number of nitrogens with two attached hydrogens (primary N) is 1. The Morgan fingerprint density at radius 3 is 3.00 bits per heavy atom. The van der Waals surface area contributed by atoms with Crippen molar-refractivity contribution in [3.63, 3.8) is 0 Å². The van der Waals surface area contributed by atoms with Crippen LogP contribution in [0.2, 0.25) is 0 Å². The van der Waals surface area contributed by atoms with Crippen LogP contribution in [0.25, 0.3) is 5.65 Å². The number of anilines is 1. The highest BCUT2D eigenvalue weighted by molar-refractivity contribution is 5.52. The highest BCUT2D eigenvalue weighted by atomic mass is 15.1. The van der Waals surface area contributed by atoms with Gasteiger partial charge in [0.1, 0.15) is 11.5 Å². The number of pyridine rings is 1. The van der Waals surface area contributed by atoms with E-state index >= 15 is 0 Å². The van der Waals surface area contributed by atoms with Gasteiger partial charge >= 0.3 is 0 Å². The molecule has 0 unspecified atom stereocenters. The van der Waals surface area contributed by atoms with E-state index in [1.165, 1.54) is 6.42 Å². The number of hydrogen-bond acceptors (Lipinski definition) is 2. The molecule has 2 aromatic heterocycles.